The van der Waals surface area contributed by atoms with Crippen molar-refractivity contribution in [3.63, 3.8) is 0 Å². The summed E-state index contributed by atoms with van der Waals surface area (Å²) in [5.41, 5.74) is 2.57. The fraction of sp³-hybridized carbons (Fsp3) is 0.389. The Labute approximate surface area is 140 Å². The SMILES string of the molecule is CCc1ccc(C(=O)NC2CCN(c3cn[nH]c(=O)c3)CC2)cc1. The highest BCUT2D eigenvalue weighted by Crippen LogP contribution is 2.18. The molecule has 6 heteroatoms. The zero-order chi connectivity index (χ0) is 16.9. The van der Waals surface area contributed by atoms with Crippen LogP contribution in [0.4, 0.5) is 5.69 Å². The van der Waals surface area contributed by atoms with Gasteiger partial charge in [-0.3, -0.25) is 9.59 Å². The average molecular weight is 326 g/mol. The van der Waals surface area contributed by atoms with E-state index in [2.05, 4.69) is 27.3 Å². The fourth-order valence-electron chi connectivity index (χ4n) is 2.98. The maximum absolute atomic E-state index is 12.3. The molecule has 3 rings (SSSR count). The lowest BCUT2D eigenvalue weighted by Gasteiger charge is -2.33. The first-order chi connectivity index (χ1) is 11.7. The Hall–Kier alpha value is -2.63. The zero-order valence-electron chi connectivity index (χ0n) is 13.8. The number of aromatic amines is 1. The number of amides is 1. The van der Waals surface area contributed by atoms with Crippen molar-refractivity contribution >= 4 is 11.6 Å². The molecule has 1 aromatic carbocycles. The van der Waals surface area contributed by atoms with Gasteiger partial charge in [0.25, 0.3) is 11.5 Å². The largest absolute Gasteiger partial charge is 0.370 e. The Morgan fingerprint density at radius 3 is 2.62 bits per heavy atom. The number of rotatable bonds is 4. The van der Waals surface area contributed by atoms with Crippen LogP contribution in [0.5, 0.6) is 0 Å². The van der Waals surface area contributed by atoms with Gasteiger partial charge in [0.1, 0.15) is 0 Å². The van der Waals surface area contributed by atoms with Crippen molar-refractivity contribution in [2.75, 3.05) is 18.0 Å². The van der Waals surface area contributed by atoms with Crippen LogP contribution in [0.1, 0.15) is 35.7 Å². The van der Waals surface area contributed by atoms with Gasteiger partial charge in [-0.1, -0.05) is 19.1 Å². The summed E-state index contributed by atoms with van der Waals surface area (Å²) in [5, 5.41) is 9.32. The second kappa shape index (κ2) is 7.29. The highest BCUT2D eigenvalue weighted by atomic mass is 16.1. The highest BCUT2D eigenvalue weighted by Gasteiger charge is 2.21. The molecule has 1 aromatic heterocycles. The molecule has 0 atom stereocenters. The van der Waals surface area contributed by atoms with Crippen LogP contribution in [0.2, 0.25) is 0 Å². The van der Waals surface area contributed by atoms with Crippen LogP contribution in [0, 0.1) is 0 Å². The molecule has 1 fully saturated rings. The van der Waals surface area contributed by atoms with Crippen LogP contribution < -0.4 is 15.8 Å². The summed E-state index contributed by atoms with van der Waals surface area (Å²) in [4.78, 5) is 25.8. The minimum atomic E-state index is -0.196. The first-order valence-corrected chi connectivity index (χ1v) is 8.35. The Kier molecular flexibility index (Phi) is 4.93. The van der Waals surface area contributed by atoms with Crippen molar-refractivity contribution in [2.45, 2.75) is 32.2 Å². The van der Waals surface area contributed by atoms with E-state index in [0.717, 1.165) is 38.0 Å². The molecule has 0 saturated carbocycles. The molecule has 2 aromatic rings. The number of hydrogen-bond donors (Lipinski definition) is 2. The van der Waals surface area contributed by atoms with E-state index < -0.39 is 0 Å². The number of H-pyrrole nitrogens is 1. The van der Waals surface area contributed by atoms with E-state index in [1.807, 2.05) is 24.3 Å². The molecule has 0 spiro atoms. The van der Waals surface area contributed by atoms with Gasteiger partial charge >= 0.3 is 0 Å². The predicted octanol–water partition coefficient (Wildman–Crippen LogP) is 1.73. The number of piperidine rings is 1. The zero-order valence-corrected chi connectivity index (χ0v) is 13.8. The molecule has 0 radical (unpaired) electrons. The number of aryl methyl sites for hydroxylation is 1. The quantitative estimate of drug-likeness (QED) is 0.897. The molecule has 1 aliphatic rings. The van der Waals surface area contributed by atoms with E-state index in [1.165, 1.54) is 5.56 Å². The third kappa shape index (κ3) is 3.82. The summed E-state index contributed by atoms with van der Waals surface area (Å²) in [7, 11) is 0. The monoisotopic (exact) mass is 326 g/mol. The van der Waals surface area contributed by atoms with Gasteiger partial charge in [-0.25, -0.2) is 5.10 Å². The minimum absolute atomic E-state index is 0.0195. The number of carbonyl (C=O) groups excluding carboxylic acids is 1. The van der Waals surface area contributed by atoms with Crippen molar-refractivity contribution in [3.05, 3.63) is 58.0 Å². The number of nitrogens with one attached hydrogen (secondary N) is 2. The maximum atomic E-state index is 12.3. The molecule has 1 amide bonds. The summed E-state index contributed by atoms with van der Waals surface area (Å²) >= 11 is 0. The number of hydrogen-bond acceptors (Lipinski definition) is 4. The molecule has 126 valence electrons. The predicted molar refractivity (Wildman–Crippen MR) is 93.4 cm³/mol. The van der Waals surface area contributed by atoms with Crippen molar-refractivity contribution in [3.8, 4) is 0 Å². The smallest absolute Gasteiger partial charge is 0.266 e. The molecule has 2 heterocycles. The van der Waals surface area contributed by atoms with Gasteiger partial charge in [-0.05, 0) is 37.0 Å². The lowest BCUT2D eigenvalue weighted by atomic mass is 10.0. The normalized spacial score (nSPS) is 15.3. The van der Waals surface area contributed by atoms with E-state index in [-0.39, 0.29) is 17.5 Å². The lowest BCUT2D eigenvalue weighted by Crippen LogP contribution is -2.45. The van der Waals surface area contributed by atoms with Gasteiger partial charge in [0.2, 0.25) is 0 Å². The Morgan fingerprint density at radius 2 is 2.00 bits per heavy atom. The standard InChI is InChI=1S/C18H22N4O2/c1-2-13-3-5-14(6-4-13)18(24)20-15-7-9-22(10-8-15)16-11-17(23)21-19-12-16/h3-6,11-12,15H,2,7-10H2,1H3,(H,20,24)(H,21,23). The van der Waals surface area contributed by atoms with Crippen molar-refractivity contribution in [2.24, 2.45) is 0 Å². The third-order valence-electron chi connectivity index (χ3n) is 4.47. The van der Waals surface area contributed by atoms with E-state index >= 15 is 0 Å². The van der Waals surface area contributed by atoms with Crippen LogP contribution in [0.3, 0.4) is 0 Å². The molecule has 1 aliphatic heterocycles. The third-order valence-corrected chi connectivity index (χ3v) is 4.47. The van der Waals surface area contributed by atoms with Crippen molar-refractivity contribution < 1.29 is 4.79 Å². The molecule has 1 saturated heterocycles. The highest BCUT2D eigenvalue weighted by molar-refractivity contribution is 5.94. The summed E-state index contributed by atoms with van der Waals surface area (Å²) in [6.45, 7) is 3.69. The topological polar surface area (TPSA) is 78.1 Å². The van der Waals surface area contributed by atoms with E-state index in [0.29, 0.717) is 5.56 Å². The van der Waals surface area contributed by atoms with Gasteiger partial charge in [0.15, 0.2) is 0 Å². The van der Waals surface area contributed by atoms with Crippen LogP contribution in [-0.4, -0.2) is 35.2 Å². The summed E-state index contributed by atoms with van der Waals surface area (Å²) in [5.74, 6) is -0.0195. The molecular weight excluding hydrogens is 304 g/mol. The number of carbonyl (C=O) groups is 1. The molecule has 2 N–H and O–H groups in total. The van der Waals surface area contributed by atoms with Gasteiger partial charge < -0.3 is 10.2 Å². The Balaban J connectivity index is 1.54. The Bertz CT molecular complexity index is 746. The lowest BCUT2D eigenvalue weighted by molar-refractivity contribution is 0.0931. The van der Waals surface area contributed by atoms with Crippen molar-refractivity contribution in [1.82, 2.24) is 15.5 Å². The first-order valence-electron chi connectivity index (χ1n) is 8.35. The Morgan fingerprint density at radius 1 is 1.29 bits per heavy atom. The van der Waals surface area contributed by atoms with Crippen LogP contribution in [-0.2, 0) is 6.42 Å². The number of benzene rings is 1. The molecule has 6 nitrogen and oxygen atoms in total. The number of anilines is 1. The van der Waals surface area contributed by atoms with E-state index in [4.69, 9.17) is 0 Å². The van der Waals surface area contributed by atoms with E-state index in [1.54, 1.807) is 12.3 Å². The maximum Gasteiger partial charge on any atom is 0.266 e. The molecule has 0 bridgehead atoms. The first kappa shape index (κ1) is 16.2. The molecular formula is C18H22N4O2. The van der Waals surface area contributed by atoms with Gasteiger partial charge in [-0.15, -0.1) is 0 Å². The summed E-state index contributed by atoms with van der Waals surface area (Å²) in [6, 6.07) is 9.47. The van der Waals surface area contributed by atoms with Gasteiger partial charge in [0.05, 0.1) is 11.9 Å². The van der Waals surface area contributed by atoms with E-state index in [9.17, 15) is 9.59 Å². The second-order valence-electron chi connectivity index (χ2n) is 6.09. The second-order valence-corrected chi connectivity index (χ2v) is 6.09. The number of nitrogens with zero attached hydrogens (tertiary/aromatic N) is 2. The minimum Gasteiger partial charge on any atom is -0.370 e. The molecule has 24 heavy (non-hydrogen) atoms. The van der Waals surface area contributed by atoms with Crippen LogP contribution in [0.15, 0.2) is 41.3 Å². The van der Waals surface area contributed by atoms with Gasteiger partial charge in [-0.2, -0.15) is 5.10 Å². The summed E-state index contributed by atoms with van der Waals surface area (Å²) in [6.07, 6.45) is 4.34. The molecule has 0 aliphatic carbocycles. The molecule has 0 unspecified atom stereocenters. The fourth-order valence-corrected chi connectivity index (χ4v) is 2.98. The average Bonchev–Trinajstić information content (AvgIpc) is 2.62. The number of aromatic nitrogens is 2. The van der Waals surface area contributed by atoms with Crippen LogP contribution in [0.25, 0.3) is 0 Å². The van der Waals surface area contributed by atoms with Crippen molar-refractivity contribution in [1.29, 1.82) is 0 Å². The summed E-state index contributed by atoms with van der Waals surface area (Å²) < 4.78 is 0. The van der Waals surface area contributed by atoms with Crippen LogP contribution >= 0.6 is 0 Å². The van der Waals surface area contributed by atoms with Gasteiger partial charge in [0, 0.05) is 30.8 Å².